The molecule has 6 nitrogen and oxygen atoms in total. The van der Waals surface area contributed by atoms with Gasteiger partial charge < -0.3 is 19.4 Å². The van der Waals surface area contributed by atoms with Crippen LogP contribution in [0.1, 0.15) is 22.9 Å². The minimum Gasteiger partial charge on any atom is -0.467 e. The Morgan fingerprint density at radius 3 is 2.52 bits per heavy atom. The Kier molecular flexibility index (Phi) is 8.11. The molecular formula is C22H28F3N3O3. The summed E-state index contributed by atoms with van der Waals surface area (Å²) in [5.41, 5.74) is 2.10. The fourth-order valence-corrected chi connectivity index (χ4v) is 3.49. The Balaban J connectivity index is 1.68. The maximum Gasteiger partial charge on any atom is 0.406 e. The maximum absolute atomic E-state index is 13.0. The molecule has 3 rings (SSSR count). The van der Waals surface area contributed by atoms with Crippen molar-refractivity contribution in [3.8, 4) is 0 Å². The molecule has 0 spiro atoms. The largest absolute Gasteiger partial charge is 0.467 e. The van der Waals surface area contributed by atoms with Crippen molar-refractivity contribution >= 4 is 5.91 Å². The number of hydrogen-bond acceptors (Lipinski definition) is 5. The highest BCUT2D eigenvalue weighted by atomic mass is 19.4. The van der Waals surface area contributed by atoms with E-state index in [1.54, 1.807) is 12.1 Å². The molecule has 1 atom stereocenters. The van der Waals surface area contributed by atoms with Gasteiger partial charge in [0.15, 0.2) is 0 Å². The van der Waals surface area contributed by atoms with E-state index in [0.29, 0.717) is 25.5 Å². The van der Waals surface area contributed by atoms with Crippen molar-refractivity contribution in [1.29, 1.82) is 0 Å². The van der Waals surface area contributed by atoms with E-state index in [0.717, 1.165) is 29.1 Å². The van der Waals surface area contributed by atoms with Gasteiger partial charge in [0, 0.05) is 25.7 Å². The van der Waals surface area contributed by atoms with Crippen LogP contribution in [0.5, 0.6) is 0 Å². The standard InChI is InChI=1S/C22H28F3N3O3/c1-17-4-6-18(7-5-17)20(15-27-8-11-30-12-9-27)26-13-21(29)28(16-22(23,24)25)14-19-3-2-10-31-19/h2-7,10,20,26H,8-9,11-16H2,1H3/t20-/m1/s1. The van der Waals surface area contributed by atoms with Crippen molar-refractivity contribution in [2.45, 2.75) is 25.7 Å². The van der Waals surface area contributed by atoms with Gasteiger partial charge in [-0.25, -0.2) is 0 Å². The van der Waals surface area contributed by atoms with Crippen molar-refractivity contribution in [2.24, 2.45) is 0 Å². The Morgan fingerprint density at radius 2 is 1.90 bits per heavy atom. The van der Waals surface area contributed by atoms with Crippen molar-refractivity contribution in [3.63, 3.8) is 0 Å². The zero-order valence-corrected chi connectivity index (χ0v) is 17.5. The second-order valence-electron chi connectivity index (χ2n) is 7.70. The fourth-order valence-electron chi connectivity index (χ4n) is 3.49. The molecule has 1 fully saturated rings. The van der Waals surface area contributed by atoms with Gasteiger partial charge in [-0.2, -0.15) is 13.2 Å². The van der Waals surface area contributed by atoms with Crippen LogP contribution in [0.2, 0.25) is 0 Å². The van der Waals surface area contributed by atoms with E-state index in [-0.39, 0.29) is 19.1 Å². The summed E-state index contributed by atoms with van der Waals surface area (Å²) in [7, 11) is 0. The van der Waals surface area contributed by atoms with Crippen LogP contribution in [0, 0.1) is 6.92 Å². The quantitative estimate of drug-likeness (QED) is 0.651. The maximum atomic E-state index is 13.0. The molecule has 1 aliphatic rings. The van der Waals surface area contributed by atoms with Crippen LogP contribution in [0.4, 0.5) is 13.2 Å². The molecule has 0 saturated carbocycles. The molecule has 31 heavy (non-hydrogen) atoms. The zero-order chi connectivity index (χ0) is 22.3. The van der Waals surface area contributed by atoms with Crippen molar-refractivity contribution in [3.05, 3.63) is 59.5 Å². The molecule has 1 aromatic heterocycles. The average Bonchev–Trinajstić information content (AvgIpc) is 3.24. The van der Waals surface area contributed by atoms with Crippen LogP contribution in [-0.4, -0.2) is 67.8 Å². The monoisotopic (exact) mass is 439 g/mol. The van der Waals surface area contributed by atoms with Gasteiger partial charge in [-0.05, 0) is 24.6 Å². The second-order valence-corrected chi connectivity index (χ2v) is 7.70. The first kappa shape index (κ1) is 23.3. The number of furan rings is 1. The van der Waals surface area contributed by atoms with E-state index < -0.39 is 18.6 Å². The summed E-state index contributed by atoms with van der Waals surface area (Å²) >= 11 is 0. The second kappa shape index (κ2) is 10.8. The number of nitrogens with one attached hydrogen (secondary N) is 1. The number of carbonyl (C=O) groups excluding carboxylic acids is 1. The molecule has 0 unspecified atom stereocenters. The first-order valence-electron chi connectivity index (χ1n) is 10.3. The molecule has 0 radical (unpaired) electrons. The molecule has 2 aromatic rings. The van der Waals surface area contributed by atoms with Gasteiger partial charge in [-0.1, -0.05) is 29.8 Å². The molecule has 1 aliphatic heterocycles. The predicted molar refractivity (Wildman–Crippen MR) is 109 cm³/mol. The van der Waals surface area contributed by atoms with Gasteiger partial charge in [0.25, 0.3) is 0 Å². The number of amides is 1. The predicted octanol–water partition coefficient (Wildman–Crippen LogP) is 3.14. The van der Waals surface area contributed by atoms with E-state index in [1.807, 2.05) is 31.2 Å². The van der Waals surface area contributed by atoms with Crippen molar-refractivity contribution < 1.29 is 27.1 Å². The lowest BCUT2D eigenvalue weighted by Crippen LogP contribution is -2.46. The van der Waals surface area contributed by atoms with E-state index in [1.165, 1.54) is 6.26 Å². The summed E-state index contributed by atoms with van der Waals surface area (Å²) in [5.74, 6) is -0.325. The minimum atomic E-state index is -4.49. The van der Waals surface area contributed by atoms with Crippen molar-refractivity contribution in [2.75, 3.05) is 45.9 Å². The number of aryl methyl sites for hydroxylation is 1. The molecule has 0 bridgehead atoms. The van der Waals surface area contributed by atoms with Crippen molar-refractivity contribution in [1.82, 2.24) is 15.1 Å². The summed E-state index contributed by atoms with van der Waals surface area (Å²) in [6.45, 7) is 3.69. The van der Waals surface area contributed by atoms with Gasteiger partial charge >= 0.3 is 6.18 Å². The van der Waals surface area contributed by atoms with Gasteiger partial charge in [-0.3, -0.25) is 9.69 Å². The van der Waals surface area contributed by atoms with Crippen LogP contribution in [0.25, 0.3) is 0 Å². The van der Waals surface area contributed by atoms with E-state index in [2.05, 4.69) is 10.2 Å². The normalized spacial score (nSPS) is 16.3. The Bertz CT molecular complexity index is 804. The number of carbonyl (C=O) groups is 1. The van der Waals surface area contributed by atoms with Gasteiger partial charge in [0.1, 0.15) is 12.3 Å². The number of alkyl halides is 3. The number of hydrogen-bond donors (Lipinski definition) is 1. The number of ether oxygens (including phenoxy) is 1. The van der Waals surface area contributed by atoms with E-state index in [4.69, 9.17) is 9.15 Å². The minimum absolute atomic E-state index is 0.195. The highest BCUT2D eigenvalue weighted by Gasteiger charge is 2.33. The molecule has 9 heteroatoms. The summed E-state index contributed by atoms with van der Waals surface area (Å²) in [6, 6.07) is 10.9. The Hall–Kier alpha value is -2.36. The molecule has 2 heterocycles. The van der Waals surface area contributed by atoms with Crippen LogP contribution >= 0.6 is 0 Å². The zero-order valence-electron chi connectivity index (χ0n) is 17.5. The highest BCUT2D eigenvalue weighted by molar-refractivity contribution is 5.78. The third-order valence-corrected chi connectivity index (χ3v) is 5.17. The molecule has 1 amide bonds. The van der Waals surface area contributed by atoms with E-state index >= 15 is 0 Å². The Morgan fingerprint density at radius 1 is 1.19 bits per heavy atom. The smallest absolute Gasteiger partial charge is 0.406 e. The lowest BCUT2D eigenvalue weighted by atomic mass is 10.0. The van der Waals surface area contributed by atoms with Gasteiger partial charge in [-0.15, -0.1) is 0 Å². The molecule has 0 aliphatic carbocycles. The number of halogens is 3. The number of nitrogens with zero attached hydrogens (tertiary/aromatic N) is 2. The van der Waals surface area contributed by atoms with Crippen LogP contribution in [0.3, 0.4) is 0 Å². The van der Waals surface area contributed by atoms with Crippen LogP contribution in [0.15, 0.2) is 47.1 Å². The third-order valence-electron chi connectivity index (χ3n) is 5.17. The first-order chi connectivity index (χ1) is 14.8. The third kappa shape index (κ3) is 7.68. The number of benzene rings is 1. The number of rotatable bonds is 9. The summed E-state index contributed by atoms with van der Waals surface area (Å²) in [5, 5.41) is 3.18. The lowest BCUT2D eigenvalue weighted by molar-refractivity contribution is -0.162. The molecule has 1 aromatic carbocycles. The summed E-state index contributed by atoms with van der Waals surface area (Å²) < 4.78 is 49.7. The van der Waals surface area contributed by atoms with Crippen LogP contribution < -0.4 is 5.32 Å². The van der Waals surface area contributed by atoms with Gasteiger partial charge in [0.05, 0.1) is 32.6 Å². The van der Waals surface area contributed by atoms with E-state index in [9.17, 15) is 18.0 Å². The summed E-state index contributed by atoms with van der Waals surface area (Å²) in [6.07, 6.45) is -3.12. The van der Waals surface area contributed by atoms with Gasteiger partial charge in [0.2, 0.25) is 5.91 Å². The Labute approximate surface area is 179 Å². The first-order valence-corrected chi connectivity index (χ1v) is 10.3. The highest BCUT2D eigenvalue weighted by Crippen LogP contribution is 2.20. The molecule has 170 valence electrons. The summed E-state index contributed by atoms with van der Waals surface area (Å²) in [4.78, 5) is 15.7. The lowest BCUT2D eigenvalue weighted by Gasteiger charge is -2.31. The molecule has 1 saturated heterocycles. The average molecular weight is 439 g/mol. The SMILES string of the molecule is Cc1ccc([C@@H](CN2CCOCC2)NCC(=O)N(Cc2ccco2)CC(F)(F)F)cc1. The molecule has 1 N–H and O–H groups in total. The topological polar surface area (TPSA) is 58.0 Å². The van der Waals surface area contributed by atoms with Crippen LogP contribution in [-0.2, 0) is 16.1 Å². The number of morpholine rings is 1. The fraction of sp³-hybridized carbons (Fsp3) is 0.500. The molecular weight excluding hydrogens is 411 g/mol.